The molecule has 0 aliphatic carbocycles. The molecular formula is C15H19N3O. The number of hydrogen-bond acceptors (Lipinski definition) is 3. The molecule has 0 saturated heterocycles. The molecule has 0 radical (unpaired) electrons. The Morgan fingerprint density at radius 2 is 2.05 bits per heavy atom. The van der Waals surface area contributed by atoms with E-state index in [0.29, 0.717) is 12.3 Å². The van der Waals surface area contributed by atoms with E-state index in [2.05, 4.69) is 22.6 Å². The van der Waals surface area contributed by atoms with Gasteiger partial charge in [0.25, 0.3) is 5.91 Å². The lowest BCUT2D eigenvalue weighted by atomic mass is 9.96. The first-order valence-corrected chi connectivity index (χ1v) is 6.41. The highest BCUT2D eigenvalue weighted by Gasteiger charge is 2.24. The first kappa shape index (κ1) is 13.3. The maximum atomic E-state index is 11.8. The first-order chi connectivity index (χ1) is 9.11. The van der Waals surface area contributed by atoms with Crippen molar-refractivity contribution in [2.24, 2.45) is 11.0 Å². The van der Waals surface area contributed by atoms with Gasteiger partial charge in [-0.05, 0) is 18.1 Å². The van der Waals surface area contributed by atoms with Crippen LogP contribution in [0, 0.1) is 5.92 Å². The Labute approximate surface area is 113 Å². The van der Waals surface area contributed by atoms with E-state index >= 15 is 0 Å². The summed E-state index contributed by atoms with van der Waals surface area (Å²) >= 11 is 0. The van der Waals surface area contributed by atoms with Gasteiger partial charge in [0.15, 0.2) is 0 Å². The standard InChI is InChI=1S/C15H19N3O/c1-11-9-18(10-13-7-5-4-6-8-13)17-14(12(11)2)15(19)16-3/h4-9,12H,10H2,1-3H3,(H,16,19). The van der Waals surface area contributed by atoms with Crippen LogP contribution >= 0.6 is 0 Å². The maximum absolute atomic E-state index is 11.8. The van der Waals surface area contributed by atoms with Gasteiger partial charge in [0.2, 0.25) is 0 Å². The van der Waals surface area contributed by atoms with Gasteiger partial charge < -0.3 is 5.32 Å². The highest BCUT2D eigenvalue weighted by atomic mass is 16.1. The minimum Gasteiger partial charge on any atom is -0.354 e. The summed E-state index contributed by atoms with van der Waals surface area (Å²) in [4.78, 5) is 11.8. The summed E-state index contributed by atoms with van der Waals surface area (Å²) in [5.41, 5.74) is 2.88. The molecule has 1 atom stereocenters. The van der Waals surface area contributed by atoms with Gasteiger partial charge in [0, 0.05) is 19.2 Å². The van der Waals surface area contributed by atoms with Crippen molar-refractivity contribution in [3.05, 3.63) is 47.7 Å². The Kier molecular flexibility index (Phi) is 4.00. The zero-order valence-corrected chi connectivity index (χ0v) is 11.6. The van der Waals surface area contributed by atoms with E-state index in [9.17, 15) is 4.79 Å². The van der Waals surface area contributed by atoms with Gasteiger partial charge in [-0.15, -0.1) is 0 Å². The average molecular weight is 257 g/mol. The second-order valence-corrected chi connectivity index (χ2v) is 4.74. The number of amides is 1. The van der Waals surface area contributed by atoms with Crippen molar-refractivity contribution in [3.63, 3.8) is 0 Å². The molecule has 1 aromatic rings. The molecular weight excluding hydrogens is 238 g/mol. The van der Waals surface area contributed by atoms with Crippen molar-refractivity contribution < 1.29 is 4.79 Å². The lowest BCUT2D eigenvalue weighted by Gasteiger charge is -2.26. The van der Waals surface area contributed by atoms with Crippen LogP contribution < -0.4 is 5.32 Å². The van der Waals surface area contributed by atoms with Crippen LogP contribution in [-0.4, -0.2) is 23.7 Å². The molecule has 0 fully saturated rings. The summed E-state index contributed by atoms with van der Waals surface area (Å²) in [6.07, 6.45) is 2.00. The van der Waals surface area contributed by atoms with Gasteiger partial charge in [0.05, 0.1) is 6.54 Å². The molecule has 2 rings (SSSR count). The lowest BCUT2D eigenvalue weighted by molar-refractivity contribution is -0.114. The van der Waals surface area contributed by atoms with Crippen LogP contribution in [0.4, 0.5) is 0 Å². The van der Waals surface area contributed by atoms with Crippen molar-refractivity contribution >= 4 is 11.6 Å². The van der Waals surface area contributed by atoms with Gasteiger partial charge in [0.1, 0.15) is 5.71 Å². The van der Waals surface area contributed by atoms with Gasteiger partial charge in [-0.25, -0.2) is 0 Å². The third kappa shape index (κ3) is 3.02. The highest BCUT2D eigenvalue weighted by Crippen LogP contribution is 2.20. The number of rotatable bonds is 3. The summed E-state index contributed by atoms with van der Waals surface area (Å²) in [5, 5.41) is 8.92. The van der Waals surface area contributed by atoms with E-state index in [1.54, 1.807) is 7.05 Å². The van der Waals surface area contributed by atoms with Crippen LogP contribution in [0.25, 0.3) is 0 Å². The van der Waals surface area contributed by atoms with Gasteiger partial charge >= 0.3 is 0 Å². The molecule has 100 valence electrons. The molecule has 0 bridgehead atoms. The molecule has 1 N–H and O–H groups in total. The summed E-state index contributed by atoms with van der Waals surface area (Å²) in [7, 11) is 1.63. The quantitative estimate of drug-likeness (QED) is 0.901. The molecule has 1 aliphatic rings. The number of hydrazone groups is 1. The van der Waals surface area contributed by atoms with Crippen LogP contribution in [-0.2, 0) is 11.3 Å². The number of carbonyl (C=O) groups excluding carboxylic acids is 1. The molecule has 1 amide bonds. The Morgan fingerprint density at radius 1 is 1.37 bits per heavy atom. The molecule has 4 heteroatoms. The molecule has 19 heavy (non-hydrogen) atoms. The number of nitrogens with one attached hydrogen (secondary N) is 1. The fourth-order valence-corrected chi connectivity index (χ4v) is 2.04. The lowest BCUT2D eigenvalue weighted by Crippen LogP contribution is -2.36. The van der Waals surface area contributed by atoms with Gasteiger partial charge in [-0.1, -0.05) is 37.3 Å². The SMILES string of the molecule is CNC(=O)C1=NN(Cc2ccccc2)C=C(C)C1C. The van der Waals surface area contributed by atoms with Crippen molar-refractivity contribution in [2.45, 2.75) is 20.4 Å². The fourth-order valence-electron chi connectivity index (χ4n) is 2.04. The Balaban J connectivity index is 2.21. The van der Waals surface area contributed by atoms with Crippen LogP contribution in [0.15, 0.2) is 47.2 Å². The second-order valence-electron chi connectivity index (χ2n) is 4.74. The number of hydrogen-bond donors (Lipinski definition) is 1. The van der Waals surface area contributed by atoms with Gasteiger partial charge in [-0.2, -0.15) is 5.10 Å². The number of allylic oxidation sites excluding steroid dienone is 1. The molecule has 0 saturated carbocycles. The summed E-state index contributed by atoms with van der Waals surface area (Å²) in [6.45, 7) is 4.70. The van der Waals surface area contributed by atoms with Crippen LogP contribution in [0.5, 0.6) is 0 Å². The Hall–Kier alpha value is -2.10. The van der Waals surface area contributed by atoms with Crippen molar-refractivity contribution in [2.75, 3.05) is 7.05 Å². The summed E-state index contributed by atoms with van der Waals surface area (Å²) in [5.74, 6) is -0.0509. The smallest absolute Gasteiger partial charge is 0.267 e. The minimum absolute atomic E-state index is 0.0620. The molecule has 0 aromatic heterocycles. The molecule has 1 heterocycles. The number of nitrogens with zero attached hydrogens (tertiary/aromatic N) is 2. The zero-order chi connectivity index (χ0) is 13.8. The number of carbonyl (C=O) groups is 1. The second kappa shape index (κ2) is 5.69. The van der Waals surface area contributed by atoms with E-state index in [-0.39, 0.29) is 11.8 Å². The predicted octanol–water partition coefficient (Wildman–Crippen LogP) is 2.14. The maximum Gasteiger partial charge on any atom is 0.267 e. The van der Waals surface area contributed by atoms with Crippen LogP contribution in [0.1, 0.15) is 19.4 Å². The normalized spacial score (nSPS) is 18.7. The molecule has 1 aromatic carbocycles. The highest BCUT2D eigenvalue weighted by molar-refractivity contribution is 6.40. The minimum atomic E-state index is -0.113. The molecule has 4 nitrogen and oxygen atoms in total. The molecule has 0 spiro atoms. The van der Waals surface area contributed by atoms with Crippen LogP contribution in [0.2, 0.25) is 0 Å². The first-order valence-electron chi connectivity index (χ1n) is 6.41. The predicted molar refractivity (Wildman–Crippen MR) is 76.4 cm³/mol. The summed E-state index contributed by atoms with van der Waals surface area (Å²) in [6, 6.07) is 10.1. The van der Waals surface area contributed by atoms with E-state index < -0.39 is 0 Å². The summed E-state index contributed by atoms with van der Waals surface area (Å²) < 4.78 is 0. The van der Waals surface area contributed by atoms with E-state index in [0.717, 1.165) is 5.57 Å². The van der Waals surface area contributed by atoms with Gasteiger partial charge in [-0.3, -0.25) is 9.80 Å². The molecule has 1 aliphatic heterocycles. The van der Waals surface area contributed by atoms with Crippen molar-refractivity contribution in [3.8, 4) is 0 Å². The van der Waals surface area contributed by atoms with Crippen molar-refractivity contribution in [1.29, 1.82) is 0 Å². The van der Waals surface area contributed by atoms with E-state index in [4.69, 9.17) is 0 Å². The Bertz CT molecular complexity index is 519. The largest absolute Gasteiger partial charge is 0.354 e. The molecule has 1 unspecified atom stereocenters. The third-order valence-electron chi connectivity index (χ3n) is 3.33. The Morgan fingerprint density at radius 3 is 2.68 bits per heavy atom. The number of benzene rings is 1. The monoisotopic (exact) mass is 257 g/mol. The van der Waals surface area contributed by atoms with Crippen molar-refractivity contribution in [1.82, 2.24) is 10.3 Å². The van der Waals surface area contributed by atoms with E-state index in [1.807, 2.05) is 43.3 Å². The fraction of sp³-hybridized carbons (Fsp3) is 0.333. The average Bonchev–Trinajstić information content (AvgIpc) is 2.43. The topological polar surface area (TPSA) is 44.7 Å². The van der Waals surface area contributed by atoms with E-state index in [1.165, 1.54) is 5.56 Å². The van der Waals surface area contributed by atoms with Crippen LogP contribution in [0.3, 0.4) is 0 Å². The third-order valence-corrected chi connectivity index (χ3v) is 3.33. The zero-order valence-electron chi connectivity index (χ0n) is 11.6.